The molecule has 0 aliphatic carbocycles. The largest absolute Gasteiger partial charge is 0.456 e. The van der Waals surface area contributed by atoms with E-state index in [4.69, 9.17) is 4.74 Å². The monoisotopic (exact) mass is 375 g/mol. The van der Waals surface area contributed by atoms with Crippen molar-refractivity contribution < 1.29 is 23.0 Å². The van der Waals surface area contributed by atoms with E-state index >= 15 is 0 Å². The van der Waals surface area contributed by atoms with Crippen LogP contribution >= 0.6 is 11.3 Å². The third kappa shape index (κ3) is 4.64. The average molecular weight is 375 g/mol. The van der Waals surface area contributed by atoms with Crippen molar-refractivity contribution in [2.24, 2.45) is 0 Å². The summed E-state index contributed by atoms with van der Waals surface area (Å²) < 4.78 is 34.0. The second-order valence-corrected chi connectivity index (χ2v) is 6.35. The molecule has 1 heterocycles. The molecule has 0 atom stereocenters. The van der Waals surface area contributed by atoms with Crippen molar-refractivity contribution in [1.29, 1.82) is 0 Å². The Kier molecular flexibility index (Phi) is 5.58. The number of esters is 1. The van der Waals surface area contributed by atoms with Gasteiger partial charge in [0.05, 0.1) is 11.3 Å². The number of carbonyl (C=O) groups excluding carboxylic acids is 1. The Morgan fingerprint density at radius 3 is 2.69 bits per heavy atom. The van der Waals surface area contributed by atoms with Gasteiger partial charge < -0.3 is 9.47 Å². The summed E-state index contributed by atoms with van der Waals surface area (Å²) in [5.74, 6) is -0.723. The van der Waals surface area contributed by atoms with Crippen LogP contribution in [-0.4, -0.2) is 17.6 Å². The lowest BCUT2D eigenvalue weighted by Crippen LogP contribution is -2.07. The highest BCUT2D eigenvalue weighted by atomic mass is 32.1. The van der Waals surface area contributed by atoms with E-state index in [9.17, 15) is 13.6 Å². The molecule has 134 valence electrons. The lowest BCUT2D eigenvalue weighted by molar-refractivity contribution is -0.0499. The Labute approximate surface area is 153 Å². The zero-order valence-electron chi connectivity index (χ0n) is 13.8. The van der Waals surface area contributed by atoms with Crippen LogP contribution in [0.1, 0.15) is 21.6 Å². The number of hydrogen-bond donors (Lipinski definition) is 0. The Morgan fingerprint density at radius 1 is 1.19 bits per heavy atom. The van der Waals surface area contributed by atoms with Crippen LogP contribution in [0.25, 0.3) is 10.6 Å². The van der Waals surface area contributed by atoms with Gasteiger partial charge in [-0.1, -0.05) is 35.9 Å². The molecule has 1 aromatic heterocycles. The van der Waals surface area contributed by atoms with Crippen LogP contribution in [0, 0.1) is 6.92 Å². The number of carbonyl (C=O) groups is 1. The highest BCUT2D eigenvalue weighted by Gasteiger charge is 2.12. The zero-order valence-corrected chi connectivity index (χ0v) is 14.6. The van der Waals surface area contributed by atoms with Gasteiger partial charge in [0.15, 0.2) is 0 Å². The van der Waals surface area contributed by atoms with Crippen LogP contribution in [0.15, 0.2) is 53.9 Å². The third-order valence-corrected chi connectivity index (χ3v) is 4.44. The fraction of sp³-hybridized carbons (Fsp3) is 0.158. The number of hydrogen-bond acceptors (Lipinski definition) is 5. The third-order valence-electron chi connectivity index (χ3n) is 3.50. The summed E-state index contributed by atoms with van der Waals surface area (Å²) in [4.78, 5) is 16.5. The molecule has 4 nitrogen and oxygen atoms in total. The molecule has 3 aromatic rings. The first-order valence-corrected chi connectivity index (χ1v) is 8.62. The van der Waals surface area contributed by atoms with Gasteiger partial charge >= 0.3 is 12.6 Å². The maximum absolute atomic E-state index is 12.2. The predicted molar refractivity (Wildman–Crippen MR) is 94.5 cm³/mol. The van der Waals surface area contributed by atoms with Gasteiger partial charge in [-0.25, -0.2) is 9.78 Å². The van der Waals surface area contributed by atoms with Crippen molar-refractivity contribution in [3.8, 4) is 16.3 Å². The van der Waals surface area contributed by atoms with Gasteiger partial charge in [0.1, 0.15) is 17.4 Å². The van der Waals surface area contributed by atoms with E-state index in [1.807, 2.05) is 36.6 Å². The highest BCUT2D eigenvalue weighted by molar-refractivity contribution is 7.13. The quantitative estimate of drug-likeness (QED) is 0.564. The van der Waals surface area contributed by atoms with Gasteiger partial charge in [0, 0.05) is 10.9 Å². The van der Waals surface area contributed by atoms with Gasteiger partial charge in [0.25, 0.3) is 0 Å². The normalized spacial score (nSPS) is 10.8. The summed E-state index contributed by atoms with van der Waals surface area (Å²) in [6, 6.07) is 13.5. The van der Waals surface area contributed by atoms with Gasteiger partial charge in [0.2, 0.25) is 0 Å². The molecule has 0 radical (unpaired) electrons. The van der Waals surface area contributed by atoms with Crippen molar-refractivity contribution in [3.63, 3.8) is 0 Å². The number of benzene rings is 2. The molecule has 0 amide bonds. The van der Waals surface area contributed by atoms with Crippen LogP contribution in [0.2, 0.25) is 0 Å². The first-order chi connectivity index (χ1) is 12.5. The summed E-state index contributed by atoms with van der Waals surface area (Å²) in [5, 5.41) is 2.65. The van der Waals surface area contributed by atoms with Gasteiger partial charge in [-0.05, 0) is 25.1 Å². The molecule has 0 aliphatic heterocycles. The number of halogens is 2. The minimum atomic E-state index is -2.95. The summed E-state index contributed by atoms with van der Waals surface area (Å²) in [6.45, 7) is -0.935. The zero-order chi connectivity index (χ0) is 18.5. The summed E-state index contributed by atoms with van der Waals surface area (Å²) in [5.41, 5.74) is 2.92. The minimum Gasteiger partial charge on any atom is -0.456 e. The Balaban J connectivity index is 1.62. The number of rotatable bonds is 6. The number of aromatic nitrogens is 1. The standard InChI is InChI=1S/C19H15F2NO3S/c1-12-5-7-13(8-6-12)17-22-15(11-26-17)10-24-18(23)14-3-2-4-16(9-14)25-19(20)21/h2-9,11,19H,10H2,1H3. The molecular formula is C19H15F2NO3S. The summed E-state index contributed by atoms with van der Waals surface area (Å²) in [7, 11) is 0. The highest BCUT2D eigenvalue weighted by Crippen LogP contribution is 2.24. The lowest BCUT2D eigenvalue weighted by Gasteiger charge is -2.06. The van der Waals surface area contributed by atoms with Crippen LogP contribution < -0.4 is 4.74 Å². The summed E-state index contributed by atoms with van der Waals surface area (Å²) in [6.07, 6.45) is 0. The van der Waals surface area contributed by atoms with Crippen molar-refractivity contribution in [2.45, 2.75) is 20.1 Å². The molecule has 0 saturated carbocycles. The van der Waals surface area contributed by atoms with Crippen molar-refractivity contribution >= 4 is 17.3 Å². The number of nitrogens with zero attached hydrogens (tertiary/aromatic N) is 1. The summed E-state index contributed by atoms with van der Waals surface area (Å²) >= 11 is 1.46. The van der Waals surface area contributed by atoms with Crippen molar-refractivity contribution in [3.05, 3.63) is 70.7 Å². The van der Waals surface area contributed by atoms with E-state index in [-0.39, 0.29) is 17.9 Å². The van der Waals surface area contributed by atoms with E-state index in [0.29, 0.717) is 5.69 Å². The molecule has 0 fully saturated rings. The molecule has 0 spiro atoms. The first kappa shape index (κ1) is 18.0. The fourth-order valence-electron chi connectivity index (χ4n) is 2.22. The van der Waals surface area contributed by atoms with Gasteiger partial charge in [-0.15, -0.1) is 11.3 Å². The molecule has 3 rings (SSSR count). The SMILES string of the molecule is Cc1ccc(-c2nc(COC(=O)c3cccc(OC(F)F)c3)cs2)cc1. The molecule has 0 bridgehead atoms. The Bertz CT molecular complexity index is 894. The predicted octanol–water partition coefficient (Wildman–Crippen LogP) is 5.08. The van der Waals surface area contributed by atoms with Crippen molar-refractivity contribution in [2.75, 3.05) is 0 Å². The van der Waals surface area contributed by atoms with Crippen molar-refractivity contribution in [1.82, 2.24) is 4.98 Å². The Hall–Kier alpha value is -2.80. The molecule has 2 aromatic carbocycles. The van der Waals surface area contributed by atoms with E-state index in [0.717, 1.165) is 16.1 Å². The second-order valence-electron chi connectivity index (χ2n) is 5.49. The number of aryl methyl sites for hydroxylation is 1. The van der Waals surface area contributed by atoms with E-state index in [2.05, 4.69) is 9.72 Å². The van der Waals surface area contributed by atoms with Crippen LogP contribution in [-0.2, 0) is 11.3 Å². The molecule has 0 aliphatic rings. The van der Waals surface area contributed by atoms with Gasteiger partial charge in [-0.2, -0.15) is 8.78 Å². The van der Waals surface area contributed by atoms with Crippen LogP contribution in [0.4, 0.5) is 8.78 Å². The van der Waals surface area contributed by atoms with E-state index in [1.165, 1.54) is 35.6 Å². The molecule has 0 unspecified atom stereocenters. The molecule has 0 saturated heterocycles. The number of ether oxygens (including phenoxy) is 2. The van der Waals surface area contributed by atoms with Crippen LogP contribution in [0.5, 0.6) is 5.75 Å². The molecule has 7 heteroatoms. The minimum absolute atomic E-state index is 0.00112. The molecular weight excluding hydrogens is 360 g/mol. The van der Waals surface area contributed by atoms with E-state index < -0.39 is 12.6 Å². The van der Waals surface area contributed by atoms with Gasteiger partial charge in [-0.3, -0.25) is 0 Å². The first-order valence-electron chi connectivity index (χ1n) is 7.75. The number of thiazole rings is 1. The Morgan fingerprint density at radius 2 is 1.96 bits per heavy atom. The maximum atomic E-state index is 12.2. The average Bonchev–Trinajstić information content (AvgIpc) is 3.09. The van der Waals surface area contributed by atoms with E-state index in [1.54, 1.807) is 0 Å². The smallest absolute Gasteiger partial charge is 0.387 e. The van der Waals surface area contributed by atoms with Crippen LogP contribution in [0.3, 0.4) is 0 Å². The second kappa shape index (κ2) is 8.05. The topological polar surface area (TPSA) is 48.4 Å². The fourth-order valence-corrected chi connectivity index (χ4v) is 3.03. The maximum Gasteiger partial charge on any atom is 0.387 e. The number of alkyl halides is 2. The molecule has 0 N–H and O–H groups in total. The lowest BCUT2D eigenvalue weighted by atomic mass is 10.2. The molecule has 26 heavy (non-hydrogen) atoms.